The minimum atomic E-state index is -0.0662. The first-order valence-corrected chi connectivity index (χ1v) is 7.32. The predicted molar refractivity (Wildman–Crippen MR) is 87.7 cm³/mol. The highest BCUT2D eigenvalue weighted by atomic mass is 35.5. The molecule has 2 heterocycles. The standard InChI is InChI=1S/C15H24N4O.ClH/c1-12(16)10-15(20)18-11-13-4-8-19(9-5-13)14-2-6-17-7-3-14;/h2-3,6-7,12-13H,4-5,8-11,16H2,1H3,(H,18,20);1H. The Morgan fingerprint density at radius 2 is 2.05 bits per heavy atom. The molecule has 1 fully saturated rings. The molecule has 1 aromatic rings. The zero-order valence-corrected chi connectivity index (χ0v) is 13.3. The summed E-state index contributed by atoms with van der Waals surface area (Å²) in [6.07, 6.45) is 6.29. The maximum absolute atomic E-state index is 11.6. The van der Waals surface area contributed by atoms with E-state index in [9.17, 15) is 4.79 Å². The number of pyridine rings is 1. The van der Waals surface area contributed by atoms with Gasteiger partial charge in [-0.25, -0.2) is 0 Å². The molecular formula is C15H25ClN4O. The van der Waals surface area contributed by atoms with Crippen LogP contribution in [0.3, 0.4) is 0 Å². The van der Waals surface area contributed by atoms with Crippen LogP contribution in [-0.2, 0) is 4.79 Å². The molecule has 1 saturated heterocycles. The second kappa shape index (κ2) is 8.85. The van der Waals surface area contributed by atoms with E-state index in [2.05, 4.69) is 15.2 Å². The lowest BCUT2D eigenvalue weighted by atomic mass is 9.96. The molecule has 5 nitrogen and oxygen atoms in total. The summed E-state index contributed by atoms with van der Waals surface area (Å²) in [5.41, 5.74) is 6.85. The van der Waals surface area contributed by atoms with Crippen LogP contribution in [-0.4, -0.2) is 36.6 Å². The summed E-state index contributed by atoms with van der Waals surface area (Å²) in [6, 6.07) is 4.03. The minimum Gasteiger partial charge on any atom is -0.371 e. The van der Waals surface area contributed by atoms with Gasteiger partial charge in [-0.05, 0) is 37.8 Å². The number of amides is 1. The van der Waals surface area contributed by atoms with E-state index in [1.165, 1.54) is 5.69 Å². The number of anilines is 1. The van der Waals surface area contributed by atoms with Crippen molar-refractivity contribution in [2.45, 2.75) is 32.2 Å². The van der Waals surface area contributed by atoms with E-state index in [0.29, 0.717) is 12.3 Å². The second-order valence-electron chi connectivity index (χ2n) is 5.62. The van der Waals surface area contributed by atoms with Crippen LogP contribution >= 0.6 is 12.4 Å². The molecule has 0 aromatic carbocycles. The topological polar surface area (TPSA) is 71.2 Å². The Morgan fingerprint density at radius 3 is 2.62 bits per heavy atom. The third-order valence-corrected chi connectivity index (χ3v) is 3.74. The zero-order valence-electron chi connectivity index (χ0n) is 12.5. The van der Waals surface area contributed by atoms with E-state index in [0.717, 1.165) is 32.5 Å². The zero-order chi connectivity index (χ0) is 14.4. The predicted octanol–water partition coefficient (Wildman–Crippen LogP) is 1.57. The average Bonchev–Trinajstić information content (AvgIpc) is 2.46. The van der Waals surface area contributed by atoms with Gasteiger partial charge >= 0.3 is 0 Å². The molecule has 1 amide bonds. The Labute approximate surface area is 132 Å². The number of nitrogens with one attached hydrogen (secondary N) is 1. The molecule has 0 bridgehead atoms. The van der Waals surface area contributed by atoms with Crippen LogP contribution < -0.4 is 16.0 Å². The molecule has 1 unspecified atom stereocenters. The first-order valence-electron chi connectivity index (χ1n) is 7.32. The highest BCUT2D eigenvalue weighted by Crippen LogP contribution is 2.22. The first-order chi connectivity index (χ1) is 9.65. The van der Waals surface area contributed by atoms with E-state index in [-0.39, 0.29) is 24.4 Å². The average molecular weight is 313 g/mol. The van der Waals surface area contributed by atoms with Crippen molar-refractivity contribution < 1.29 is 4.79 Å². The molecule has 1 aliphatic heterocycles. The Hall–Kier alpha value is -1.33. The fourth-order valence-electron chi connectivity index (χ4n) is 2.57. The second-order valence-corrected chi connectivity index (χ2v) is 5.62. The number of hydrogen-bond donors (Lipinski definition) is 2. The van der Waals surface area contributed by atoms with Crippen molar-refractivity contribution in [1.29, 1.82) is 0 Å². The molecule has 1 aromatic heterocycles. The van der Waals surface area contributed by atoms with Gasteiger partial charge in [-0.1, -0.05) is 0 Å². The molecule has 21 heavy (non-hydrogen) atoms. The molecule has 6 heteroatoms. The monoisotopic (exact) mass is 312 g/mol. The summed E-state index contributed by atoms with van der Waals surface area (Å²) in [5, 5.41) is 2.99. The van der Waals surface area contributed by atoms with Gasteiger partial charge in [0.1, 0.15) is 0 Å². The minimum absolute atomic E-state index is 0. The summed E-state index contributed by atoms with van der Waals surface area (Å²) in [5.74, 6) is 0.640. The van der Waals surface area contributed by atoms with Crippen molar-refractivity contribution in [3.05, 3.63) is 24.5 Å². The van der Waals surface area contributed by atoms with Crippen molar-refractivity contribution in [2.24, 2.45) is 11.7 Å². The Bertz CT molecular complexity index is 419. The van der Waals surface area contributed by atoms with Gasteiger partial charge in [0.25, 0.3) is 0 Å². The largest absolute Gasteiger partial charge is 0.371 e. The molecule has 0 radical (unpaired) electrons. The number of aromatic nitrogens is 1. The number of nitrogens with two attached hydrogens (primary N) is 1. The molecule has 0 aliphatic carbocycles. The van der Waals surface area contributed by atoms with Crippen molar-refractivity contribution in [3.63, 3.8) is 0 Å². The summed E-state index contributed by atoms with van der Waals surface area (Å²) in [7, 11) is 0. The third-order valence-electron chi connectivity index (χ3n) is 3.74. The smallest absolute Gasteiger partial charge is 0.221 e. The van der Waals surface area contributed by atoms with Gasteiger partial charge in [0.15, 0.2) is 0 Å². The Morgan fingerprint density at radius 1 is 1.43 bits per heavy atom. The first kappa shape index (κ1) is 17.7. The van der Waals surface area contributed by atoms with Crippen LogP contribution in [0.5, 0.6) is 0 Å². The van der Waals surface area contributed by atoms with Gasteiger partial charge in [-0.2, -0.15) is 0 Å². The summed E-state index contributed by atoms with van der Waals surface area (Å²) in [4.78, 5) is 18.0. The van der Waals surface area contributed by atoms with Crippen LogP contribution in [0, 0.1) is 5.92 Å². The quantitative estimate of drug-likeness (QED) is 0.866. The summed E-state index contributed by atoms with van der Waals surface area (Å²) < 4.78 is 0. The van der Waals surface area contributed by atoms with Crippen LogP contribution in [0.1, 0.15) is 26.2 Å². The van der Waals surface area contributed by atoms with E-state index >= 15 is 0 Å². The number of hydrogen-bond acceptors (Lipinski definition) is 4. The van der Waals surface area contributed by atoms with Gasteiger partial charge < -0.3 is 16.0 Å². The molecule has 1 atom stereocenters. The lowest BCUT2D eigenvalue weighted by Gasteiger charge is -2.33. The van der Waals surface area contributed by atoms with E-state index < -0.39 is 0 Å². The van der Waals surface area contributed by atoms with Crippen LogP contribution in [0.4, 0.5) is 5.69 Å². The number of rotatable bonds is 5. The molecule has 2 rings (SSSR count). The Balaban J connectivity index is 0.00000220. The van der Waals surface area contributed by atoms with E-state index in [4.69, 9.17) is 5.73 Å². The van der Waals surface area contributed by atoms with E-state index in [1.807, 2.05) is 31.5 Å². The SMILES string of the molecule is CC(N)CC(=O)NCC1CCN(c2ccncc2)CC1.Cl. The van der Waals surface area contributed by atoms with Crippen LogP contribution in [0.2, 0.25) is 0 Å². The lowest BCUT2D eigenvalue weighted by Crippen LogP contribution is -2.39. The summed E-state index contributed by atoms with van der Waals surface area (Å²) in [6.45, 7) is 4.71. The lowest BCUT2D eigenvalue weighted by molar-refractivity contribution is -0.121. The molecule has 3 N–H and O–H groups in total. The highest BCUT2D eigenvalue weighted by Gasteiger charge is 2.19. The van der Waals surface area contributed by atoms with Crippen molar-refractivity contribution in [2.75, 3.05) is 24.5 Å². The number of carbonyl (C=O) groups excluding carboxylic acids is 1. The van der Waals surface area contributed by atoms with Crippen molar-refractivity contribution in [1.82, 2.24) is 10.3 Å². The van der Waals surface area contributed by atoms with Gasteiger partial charge in [-0.15, -0.1) is 12.4 Å². The fourth-order valence-corrected chi connectivity index (χ4v) is 2.57. The van der Waals surface area contributed by atoms with Gasteiger partial charge in [0, 0.05) is 50.2 Å². The van der Waals surface area contributed by atoms with Crippen molar-refractivity contribution >= 4 is 24.0 Å². The molecular weight excluding hydrogens is 288 g/mol. The third kappa shape index (κ3) is 5.89. The maximum atomic E-state index is 11.6. The molecule has 0 saturated carbocycles. The maximum Gasteiger partial charge on any atom is 0.221 e. The van der Waals surface area contributed by atoms with Crippen LogP contribution in [0.15, 0.2) is 24.5 Å². The van der Waals surface area contributed by atoms with Gasteiger partial charge in [0.2, 0.25) is 5.91 Å². The number of halogens is 1. The fraction of sp³-hybridized carbons (Fsp3) is 0.600. The van der Waals surface area contributed by atoms with Crippen molar-refractivity contribution in [3.8, 4) is 0 Å². The highest BCUT2D eigenvalue weighted by molar-refractivity contribution is 5.85. The normalized spacial score (nSPS) is 17.0. The number of nitrogens with zero attached hydrogens (tertiary/aromatic N) is 2. The Kier molecular flexibility index (Phi) is 7.47. The van der Waals surface area contributed by atoms with Gasteiger partial charge in [0.05, 0.1) is 0 Å². The van der Waals surface area contributed by atoms with E-state index in [1.54, 1.807) is 0 Å². The molecule has 118 valence electrons. The molecule has 0 spiro atoms. The number of piperidine rings is 1. The van der Waals surface area contributed by atoms with Crippen LogP contribution in [0.25, 0.3) is 0 Å². The molecule has 1 aliphatic rings. The summed E-state index contributed by atoms with van der Waals surface area (Å²) >= 11 is 0. The number of carbonyl (C=O) groups is 1. The van der Waals surface area contributed by atoms with Gasteiger partial charge in [-0.3, -0.25) is 9.78 Å².